The van der Waals surface area contributed by atoms with E-state index in [1.807, 2.05) is 13.0 Å². The molecular formula is C47H60N4O3S2. The number of phenols is 1. The van der Waals surface area contributed by atoms with Crippen LogP contribution in [-0.2, 0) is 6.42 Å². The number of nitrogens with two attached hydrogens (primary N) is 1. The topological polar surface area (TPSA) is 120 Å². The highest BCUT2D eigenvalue weighted by molar-refractivity contribution is 7.23. The molecule has 4 aliphatic rings. The van der Waals surface area contributed by atoms with Crippen LogP contribution in [0.2, 0.25) is 0 Å². The molecule has 3 aromatic rings. The lowest BCUT2D eigenvalue weighted by Crippen LogP contribution is -2.50. The Bertz CT molecular complexity index is 2050. The number of nitrogens with one attached hydrogen (secondary N) is 2. The van der Waals surface area contributed by atoms with Crippen molar-refractivity contribution in [3.8, 4) is 39.2 Å². The summed E-state index contributed by atoms with van der Waals surface area (Å²) in [7, 11) is 1.72. The molecule has 0 unspecified atom stereocenters. The molecule has 2 heterocycles. The fraction of sp³-hybridized carbons (Fsp3) is 0.574. The highest BCUT2D eigenvalue weighted by atomic mass is 32.1. The molecule has 9 heteroatoms. The number of anilines is 1. The Balaban J connectivity index is 1.35. The highest BCUT2D eigenvalue weighted by Crippen LogP contribution is 2.74. The largest absolute Gasteiger partial charge is 0.508 e. The molecule has 7 nitrogen and oxygen atoms in total. The number of unbranched alkanes of at least 4 members (excludes halogenated alkanes) is 2. The molecule has 3 fully saturated rings. The lowest BCUT2D eigenvalue weighted by molar-refractivity contribution is 0.0327. The molecule has 0 amide bonds. The Morgan fingerprint density at radius 1 is 1.11 bits per heavy atom. The van der Waals surface area contributed by atoms with Crippen molar-refractivity contribution in [2.75, 3.05) is 18.9 Å². The minimum Gasteiger partial charge on any atom is -0.508 e. The van der Waals surface area contributed by atoms with Crippen LogP contribution in [0.4, 0.5) is 5.69 Å². The molecule has 4 aliphatic carbocycles. The molecule has 0 radical (unpaired) electrons. The minimum atomic E-state index is -0.555. The first kappa shape index (κ1) is 40.4. The zero-order chi connectivity index (χ0) is 39.5. The van der Waals surface area contributed by atoms with Gasteiger partial charge in [0, 0.05) is 47.8 Å². The Morgan fingerprint density at radius 3 is 2.64 bits per heavy atom. The van der Waals surface area contributed by atoms with E-state index in [1.54, 1.807) is 42.7 Å². The number of Topliss-reactive ketones (excluding diaryl/α,β-unsaturated/α-hetero) is 1. The van der Waals surface area contributed by atoms with Crippen LogP contribution in [0.15, 0.2) is 41.4 Å². The molecule has 56 heavy (non-hydrogen) atoms. The Kier molecular flexibility index (Phi) is 12.3. The second-order valence-electron chi connectivity index (χ2n) is 17.4. The molecule has 7 rings (SSSR count). The maximum Gasteiger partial charge on any atom is 0.188 e. The zero-order valence-electron chi connectivity index (χ0n) is 33.7. The van der Waals surface area contributed by atoms with Crippen molar-refractivity contribution in [3.05, 3.63) is 57.3 Å². The van der Waals surface area contributed by atoms with Crippen LogP contribution in [0, 0.1) is 51.8 Å². The van der Waals surface area contributed by atoms with Gasteiger partial charge in [0.15, 0.2) is 11.7 Å². The van der Waals surface area contributed by atoms with Crippen LogP contribution in [0.5, 0.6) is 5.75 Å². The first-order valence-electron chi connectivity index (χ1n) is 21.0. The average molecular weight is 793 g/mol. The number of nitrogens with zero attached hydrogens (tertiary/aromatic N) is 1. The number of aliphatic hydroxyl groups excluding tert-OH is 1. The molecule has 3 saturated carbocycles. The number of aromatic hydroxyl groups is 1. The molecule has 298 valence electrons. The van der Waals surface area contributed by atoms with E-state index < -0.39 is 6.10 Å². The number of carbonyl (C=O) groups excluding carboxylic acids is 1. The van der Waals surface area contributed by atoms with Crippen LogP contribution in [0.3, 0.4) is 0 Å². The molecule has 0 saturated heterocycles. The lowest BCUT2D eigenvalue weighted by atomic mass is 9.57. The van der Waals surface area contributed by atoms with Gasteiger partial charge in [0.2, 0.25) is 0 Å². The van der Waals surface area contributed by atoms with Gasteiger partial charge in [-0.1, -0.05) is 56.8 Å². The molecule has 2 aromatic heterocycles. The molecule has 6 N–H and O–H groups in total. The summed E-state index contributed by atoms with van der Waals surface area (Å²) in [5.74, 6) is 14.8. The summed E-state index contributed by atoms with van der Waals surface area (Å²) >= 11 is 3.34. The van der Waals surface area contributed by atoms with Gasteiger partial charge in [0.1, 0.15) is 5.75 Å². The third-order valence-corrected chi connectivity index (χ3v) is 16.1. The molecule has 0 aliphatic heterocycles. The van der Waals surface area contributed by atoms with E-state index in [9.17, 15) is 10.2 Å². The number of hydrogen-bond acceptors (Lipinski definition) is 7. The normalized spacial score (nSPS) is 27.2. The van der Waals surface area contributed by atoms with Crippen molar-refractivity contribution in [2.24, 2.45) is 38.8 Å². The summed E-state index contributed by atoms with van der Waals surface area (Å²) in [6.45, 7) is 6.27. The lowest BCUT2D eigenvalue weighted by Gasteiger charge is -2.47. The van der Waals surface area contributed by atoms with Crippen molar-refractivity contribution in [3.63, 3.8) is 0 Å². The van der Waals surface area contributed by atoms with Gasteiger partial charge in [-0.2, -0.15) is 0 Å². The summed E-state index contributed by atoms with van der Waals surface area (Å²) in [6.07, 6.45) is 15.3. The summed E-state index contributed by atoms with van der Waals surface area (Å²) in [5, 5.41) is 28.3. The number of phenolic OH excluding ortho intramolecular Hbond substituents is 1. The highest BCUT2D eigenvalue weighted by Gasteiger charge is 2.66. The Hall–Kier alpha value is -3.76. The first-order chi connectivity index (χ1) is 27.0. The third kappa shape index (κ3) is 8.02. The van der Waals surface area contributed by atoms with Gasteiger partial charge >= 0.3 is 0 Å². The fourth-order valence-corrected chi connectivity index (χ4v) is 13.5. The number of fused-ring (bicyclic) bond motifs is 4. The summed E-state index contributed by atoms with van der Waals surface area (Å²) < 4.78 is 0. The monoisotopic (exact) mass is 792 g/mol. The number of guanidine groups is 1. The zero-order valence-corrected chi connectivity index (χ0v) is 35.4. The smallest absolute Gasteiger partial charge is 0.188 e. The van der Waals surface area contributed by atoms with E-state index in [1.165, 1.54) is 49.8 Å². The number of rotatable bonds is 11. The number of carbonyl (C=O) groups is 1. The van der Waals surface area contributed by atoms with E-state index in [0.29, 0.717) is 24.7 Å². The van der Waals surface area contributed by atoms with E-state index in [4.69, 9.17) is 5.73 Å². The Morgan fingerprint density at radius 2 is 1.89 bits per heavy atom. The quantitative estimate of drug-likeness (QED) is 0.0434. The summed E-state index contributed by atoms with van der Waals surface area (Å²) in [4.78, 5) is 23.8. The van der Waals surface area contributed by atoms with Crippen LogP contribution < -0.4 is 16.4 Å². The van der Waals surface area contributed by atoms with Gasteiger partial charge < -0.3 is 26.6 Å². The van der Waals surface area contributed by atoms with Gasteiger partial charge in [0.05, 0.1) is 27.1 Å². The molecule has 2 spiro atoms. The standard InChI is InChI=1S/C47H60N4O3S2/c1-5-7-8-20-47-23-11-13-36-33(24-34(53)26-39(36)50-28-31(3)52)25-38(51-44(48)49-4)32-14-16-37(45(27-32,30-47)29-46(47)21-9-10-22-46)43(54)42-19-18-41(56-42)40-17-15-35(55-40)12-6-2/h15,17-19,24,26,31-32,37-38,50,52-53H,5,7-10,14,16,20-23,25,27-30H2,1-4H3,(H3,48,49,51)/t31-,32+,37+,38+,45-,47+/m0/s1. The number of ketones is 1. The number of aliphatic hydroxyl groups is 1. The number of thiophene rings is 2. The predicted octanol–water partition coefficient (Wildman–Crippen LogP) is 9.75. The van der Waals surface area contributed by atoms with E-state index in [2.05, 4.69) is 70.5 Å². The number of aliphatic imine (C=N–C) groups is 1. The minimum absolute atomic E-state index is 0.0106. The second-order valence-corrected chi connectivity index (χ2v) is 19.6. The SMILES string of the molecule is CC#Cc1ccc(-c2ccc(C(=O)[C@H]3CC[C@@H]4C[C@@]35CC3(CCCC3)[C@](CCCCC)(CC#Cc3c(cc(O)cc3NC[C@H](C)O)C[C@H]4NC(N)=NC)C5)s2)s1. The average Bonchev–Trinajstić information content (AvgIpc) is 3.99. The second kappa shape index (κ2) is 17.0. The van der Waals surface area contributed by atoms with Crippen molar-refractivity contribution in [1.82, 2.24) is 5.32 Å². The number of benzene rings is 1. The predicted molar refractivity (Wildman–Crippen MR) is 232 cm³/mol. The van der Waals surface area contributed by atoms with Gasteiger partial charge in [-0.3, -0.25) is 9.79 Å². The first-order valence-corrected chi connectivity index (χ1v) is 22.6. The van der Waals surface area contributed by atoms with Gasteiger partial charge in [-0.05, 0) is 130 Å². The van der Waals surface area contributed by atoms with Gasteiger partial charge in [-0.15, -0.1) is 28.6 Å². The maximum absolute atomic E-state index is 15.2. The fourth-order valence-electron chi connectivity index (χ4n) is 11.5. The van der Waals surface area contributed by atoms with Crippen molar-refractivity contribution in [2.45, 2.75) is 129 Å². The van der Waals surface area contributed by atoms with Crippen LogP contribution in [-0.4, -0.2) is 47.7 Å². The van der Waals surface area contributed by atoms with Crippen molar-refractivity contribution in [1.29, 1.82) is 0 Å². The van der Waals surface area contributed by atoms with Crippen LogP contribution in [0.25, 0.3) is 9.75 Å². The summed E-state index contributed by atoms with van der Waals surface area (Å²) in [6, 6.07) is 12.0. The van der Waals surface area contributed by atoms with Crippen LogP contribution in [0.1, 0.15) is 136 Å². The molecule has 6 atom stereocenters. The molecule has 1 aromatic carbocycles. The molecular weight excluding hydrogens is 733 g/mol. The van der Waals surface area contributed by atoms with E-state index >= 15 is 4.79 Å². The van der Waals surface area contributed by atoms with Gasteiger partial charge in [-0.25, -0.2) is 0 Å². The van der Waals surface area contributed by atoms with Crippen molar-refractivity contribution < 1.29 is 15.0 Å². The third-order valence-electron chi connectivity index (χ3n) is 13.8. The summed E-state index contributed by atoms with van der Waals surface area (Å²) in [5.41, 5.74) is 9.08. The van der Waals surface area contributed by atoms with Crippen LogP contribution >= 0.6 is 22.7 Å². The Labute approximate surface area is 342 Å². The van der Waals surface area contributed by atoms with Gasteiger partial charge in [0.25, 0.3) is 0 Å². The maximum atomic E-state index is 15.2. The molecule has 3 bridgehead atoms. The number of hydrogen-bond donors (Lipinski definition) is 5. The van der Waals surface area contributed by atoms with Crippen molar-refractivity contribution >= 4 is 40.1 Å². The van der Waals surface area contributed by atoms with E-state index in [0.717, 1.165) is 76.4 Å². The van der Waals surface area contributed by atoms with E-state index in [-0.39, 0.29) is 39.9 Å².